The van der Waals surface area contributed by atoms with Crippen LogP contribution in [-0.2, 0) is 11.3 Å². The van der Waals surface area contributed by atoms with Crippen LogP contribution in [0.15, 0.2) is 18.2 Å². The monoisotopic (exact) mass is 276 g/mol. The van der Waals surface area contributed by atoms with Crippen LogP contribution in [0.5, 0.6) is 0 Å². The molecule has 1 unspecified atom stereocenters. The second-order valence-corrected chi connectivity index (χ2v) is 6.84. The van der Waals surface area contributed by atoms with Crippen LogP contribution >= 0.6 is 0 Å². The fourth-order valence-corrected chi connectivity index (χ4v) is 2.50. The molecule has 112 valence electrons. The van der Waals surface area contributed by atoms with Crippen molar-refractivity contribution in [2.45, 2.75) is 52.2 Å². The number of hydrogen-bond acceptors (Lipinski definition) is 3. The summed E-state index contributed by atoms with van der Waals surface area (Å²) in [6, 6.07) is 7.28. The number of aryl methyl sites for hydroxylation is 1. The van der Waals surface area contributed by atoms with Crippen LogP contribution in [0.3, 0.4) is 0 Å². The first-order valence-electron chi connectivity index (χ1n) is 7.52. The van der Waals surface area contributed by atoms with Crippen LogP contribution in [0, 0.1) is 6.92 Å². The maximum atomic E-state index is 5.48. The van der Waals surface area contributed by atoms with Crippen molar-refractivity contribution in [2.75, 3.05) is 25.2 Å². The molecule has 1 aromatic rings. The number of ether oxygens (including phenoxy) is 1. The van der Waals surface area contributed by atoms with Gasteiger partial charge in [0.15, 0.2) is 0 Å². The molecule has 0 aliphatic carbocycles. The second kappa shape index (κ2) is 6.15. The quantitative estimate of drug-likeness (QED) is 0.914. The van der Waals surface area contributed by atoms with Crippen molar-refractivity contribution in [1.82, 2.24) is 5.32 Å². The Hall–Kier alpha value is -1.06. The zero-order valence-electron chi connectivity index (χ0n) is 13.5. The van der Waals surface area contributed by atoms with E-state index in [0.29, 0.717) is 6.04 Å². The Morgan fingerprint density at radius 1 is 1.35 bits per heavy atom. The van der Waals surface area contributed by atoms with Gasteiger partial charge in [0, 0.05) is 31.4 Å². The summed E-state index contributed by atoms with van der Waals surface area (Å²) in [6.07, 6.45) is 1.13. The lowest BCUT2D eigenvalue weighted by Gasteiger charge is -2.27. The van der Waals surface area contributed by atoms with Crippen molar-refractivity contribution in [3.63, 3.8) is 0 Å². The average molecular weight is 276 g/mol. The minimum atomic E-state index is 0.156. The Kier molecular flexibility index (Phi) is 4.71. The van der Waals surface area contributed by atoms with Gasteiger partial charge in [0.05, 0.1) is 12.6 Å². The first kappa shape index (κ1) is 15.3. The number of anilines is 1. The largest absolute Gasteiger partial charge is 0.379 e. The van der Waals surface area contributed by atoms with E-state index in [4.69, 9.17) is 4.74 Å². The predicted molar refractivity (Wildman–Crippen MR) is 85.4 cm³/mol. The van der Waals surface area contributed by atoms with Gasteiger partial charge in [0.1, 0.15) is 0 Å². The van der Waals surface area contributed by atoms with E-state index in [1.165, 1.54) is 16.8 Å². The second-order valence-electron chi connectivity index (χ2n) is 6.84. The molecule has 0 radical (unpaired) electrons. The molecule has 1 aliphatic rings. The molecular weight excluding hydrogens is 248 g/mol. The predicted octanol–water partition coefficient (Wildman–Crippen LogP) is 3.11. The van der Waals surface area contributed by atoms with Crippen molar-refractivity contribution >= 4 is 5.69 Å². The third-order valence-corrected chi connectivity index (χ3v) is 4.00. The Labute approximate surface area is 123 Å². The van der Waals surface area contributed by atoms with Crippen LogP contribution in [0.25, 0.3) is 0 Å². The molecule has 0 aromatic heterocycles. The summed E-state index contributed by atoms with van der Waals surface area (Å²) < 4.78 is 5.48. The topological polar surface area (TPSA) is 24.5 Å². The number of benzene rings is 1. The lowest BCUT2D eigenvalue weighted by Crippen LogP contribution is -2.35. The minimum Gasteiger partial charge on any atom is -0.379 e. The molecule has 3 nitrogen and oxygen atoms in total. The molecule has 1 aromatic carbocycles. The first-order chi connectivity index (χ1) is 9.37. The highest BCUT2D eigenvalue weighted by atomic mass is 16.5. The molecule has 1 aliphatic heterocycles. The molecule has 3 heteroatoms. The maximum Gasteiger partial charge on any atom is 0.0670 e. The van der Waals surface area contributed by atoms with Gasteiger partial charge in [-0.15, -0.1) is 0 Å². The minimum absolute atomic E-state index is 0.156. The van der Waals surface area contributed by atoms with Crippen molar-refractivity contribution in [1.29, 1.82) is 0 Å². The van der Waals surface area contributed by atoms with Crippen molar-refractivity contribution in [3.05, 3.63) is 29.3 Å². The van der Waals surface area contributed by atoms with E-state index in [9.17, 15) is 0 Å². The van der Waals surface area contributed by atoms with E-state index in [0.717, 1.165) is 26.2 Å². The fraction of sp³-hybridized carbons (Fsp3) is 0.647. The van der Waals surface area contributed by atoms with E-state index >= 15 is 0 Å². The van der Waals surface area contributed by atoms with Crippen LogP contribution in [-0.4, -0.2) is 31.8 Å². The Balaban J connectivity index is 2.05. The van der Waals surface area contributed by atoms with Gasteiger partial charge < -0.3 is 15.0 Å². The smallest absolute Gasteiger partial charge is 0.0670 e. The maximum absolute atomic E-state index is 5.48. The summed E-state index contributed by atoms with van der Waals surface area (Å²) >= 11 is 0. The van der Waals surface area contributed by atoms with E-state index in [-0.39, 0.29) is 5.54 Å². The summed E-state index contributed by atoms with van der Waals surface area (Å²) in [5.74, 6) is 0. The number of nitrogens with one attached hydrogen (secondary N) is 1. The third-order valence-electron chi connectivity index (χ3n) is 4.00. The van der Waals surface area contributed by atoms with Crippen molar-refractivity contribution in [3.8, 4) is 0 Å². The molecular formula is C17H28N2O. The molecule has 2 rings (SSSR count). The summed E-state index contributed by atoms with van der Waals surface area (Å²) in [7, 11) is 2.17. The Morgan fingerprint density at radius 3 is 2.65 bits per heavy atom. The van der Waals surface area contributed by atoms with Gasteiger partial charge in [0.2, 0.25) is 0 Å². The fourth-order valence-electron chi connectivity index (χ4n) is 2.50. The van der Waals surface area contributed by atoms with E-state index < -0.39 is 0 Å². The van der Waals surface area contributed by atoms with Crippen LogP contribution in [0.2, 0.25) is 0 Å². The SMILES string of the molecule is Cc1cc(N(C)C2CCOC2)ccc1CNC(C)(C)C. The normalized spacial score (nSPS) is 19.4. The molecule has 20 heavy (non-hydrogen) atoms. The Morgan fingerprint density at radius 2 is 2.10 bits per heavy atom. The molecule has 0 amide bonds. The van der Waals surface area contributed by atoms with E-state index in [2.05, 4.69) is 63.2 Å². The van der Waals surface area contributed by atoms with Gasteiger partial charge in [-0.25, -0.2) is 0 Å². The first-order valence-corrected chi connectivity index (χ1v) is 7.52. The van der Waals surface area contributed by atoms with Gasteiger partial charge in [-0.2, -0.15) is 0 Å². The van der Waals surface area contributed by atoms with Crippen LogP contribution < -0.4 is 10.2 Å². The molecule has 1 N–H and O–H groups in total. The lowest BCUT2D eigenvalue weighted by atomic mass is 10.0. The van der Waals surface area contributed by atoms with Gasteiger partial charge in [-0.1, -0.05) is 6.07 Å². The molecule has 1 fully saturated rings. The van der Waals surface area contributed by atoms with Gasteiger partial charge >= 0.3 is 0 Å². The van der Waals surface area contributed by atoms with Crippen LogP contribution in [0.4, 0.5) is 5.69 Å². The zero-order valence-corrected chi connectivity index (χ0v) is 13.5. The molecule has 1 saturated heterocycles. The third kappa shape index (κ3) is 3.97. The summed E-state index contributed by atoms with van der Waals surface area (Å²) in [5, 5.41) is 3.55. The molecule has 0 spiro atoms. The zero-order chi connectivity index (χ0) is 14.8. The van der Waals surface area contributed by atoms with Crippen molar-refractivity contribution < 1.29 is 4.74 Å². The number of rotatable bonds is 4. The van der Waals surface area contributed by atoms with Gasteiger partial charge in [0.25, 0.3) is 0 Å². The van der Waals surface area contributed by atoms with E-state index in [1.807, 2.05) is 0 Å². The van der Waals surface area contributed by atoms with Gasteiger partial charge in [-0.3, -0.25) is 0 Å². The number of nitrogens with zero attached hydrogens (tertiary/aromatic N) is 1. The summed E-state index contributed by atoms with van der Waals surface area (Å²) in [4.78, 5) is 2.35. The Bertz CT molecular complexity index is 445. The van der Waals surface area contributed by atoms with E-state index in [1.54, 1.807) is 0 Å². The molecule has 1 atom stereocenters. The molecule has 1 heterocycles. The lowest BCUT2D eigenvalue weighted by molar-refractivity contribution is 0.193. The van der Waals surface area contributed by atoms with Crippen molar-refractivity contribution in [2.24, 2.45) is 0 Å². The summed E-state index contributed by atoms with van der Waals surface area (Å²) in [6.45, 7) is 11.5. The highest BCUT2D eigenvalue weighted by Crippen LogP contribution is 2.23. The molecule has 0 saturated carbocycles. The average Bonchev–Trinajstić information content (AvgIpc) is 2.89. The molecule has 0 bridgehead atoms. The standard InChI is InChI=1S/C17H28N2O/c1-13-10-15(19(5)16-8-9-20-12-16)7-6-14(13)11-18-17(2,3)4/h6-7,10,16,18H,8-9,11-12H2,1-5H3. The summed E-state index contributed by atoms with van der Waals surface area (Å²) in [5.41, 5.74) is 4.17. The highest BCUT2D eigenvalue weighted by molar-refractivity contribution is 5.51. The highest BCUT2D eigenvalue weighted by Gasteiger charge is 2.20. The van der Waals surface area contributed by atoms with Crippen LogP contribution in [0.1, 0.15) is 38.3 Å². The number of hydrogen-bond donors (Lipinski definition) is 1. The van der Waals surface area contributed by atoms with Gasteiger partial charge in [-0.05, 0) is 57.4 Å². The number of likely N-dealkylation sites (N-methyl/N-ethyl adjacent to an activating group) is 1.